The van der Waals surface area contributed by atoms with E-state index in [-0.39, 0.29) is 23.8 Å². The molecule has 1 aliphatic rings. The summed E-state index contributed by atoms with van der Waals surface area (Å²) >= 11 is 0. The second-order valence-corrected chi connectivity index (χ2v) is 4.82. The molecule has 0 aliphatic heterocycles. The van der Waals surface area contributed by atoms with Gasteiger partial charge < -0.3 is 16.2 Å². The highest BCUT2D eigenvalue weighted by Crippen LogP contribution is 2.25. The van der Waals surface area contributed by atoms with Crippen molar-refractivity contribution < 1.29 is 14.7 Å². The van der Waals surface area contributed by atoms with Crippen LogP contribution in [0.4, 0.5) is 0 Å². The normalized spacial score (nSPS) is 26.8. The predicted molar refractivity (Wildman–Crippen MR) is 59.7 cm³/mol. The highest BCUT2D eigenvalue weighted by Gasteiger charge is 2.31. The van der Waals surface area contributed by atoms with Gasteiger partial charge in [0.25, 0.3) is 0 Å². The van der Waals surface area contributed by atoms with Gasteiger partial charge in [-0.05, 0) is 25.2 Å². The standard InChI is InChI=1S/C11H20N2O3/c1-6(2)9(12)10(14)13-8-4-3-7(5-8)11(15)16/h6-9H,3-5,12H2,1-2H3,(H,13,14)(H,15,16). The first-order valence-electron chi connectivity index (χ1n) is 5.70. The quantitative estimate of drug-likeness (QED) is 0.647. The van der Waals surface area contributed by atoms with E-state index < -0.39 is 12.0 Å². The van der Waals surface area contributed by atoms with Crippen molar-refractivity contribution in [1.29, 1.82) is 0 Å². The van der Waals surface area contributed by atoms with E-state index >= 15 is 0 Å². The first-order chi connectivity index (χ1) is 7.41. The Labute approximate surface area is 95.4 Å². The number of aliphatic carboxylic acids is 1. The number of carbonyl (C=O) groups excluding carboxylic acids is 1. The van der Waals surface area contributed by atoms with Gasteiger partial charge in [0.05, 0.1) is 12.0 Å². The first-order valence-corrected chi connectivity index (χ1v) is 5.70. The van der Waals surface area contributed by atoms with E-state index in [9.17, 15) is 9.59 Å². The maximum Gasteiger partial charge on any atom is 0.306 e. The van der Waals surface area contributed by atoms with Crippen molar-refractivity contribution in [2.75, 3.05) is 0 Å². The van der Waals surface area contributed by atoms with Crippen molar-refractivity contribution in [3.63, 3.8) is 0 Å². The number of rotatable bonds is 4. The molecule has 0 aromatic rings. The van der Waals surface area contributed by atoms with Crippen LogP contribution in [0.3, 0.4) is 0 Å². The molecule has 0 heterocycles. The molecule has 0 radical (unpaired) electrons. The third-order valence-electron chi connectivity index (χ3n) is 3.15. The predicted octanol–water partition coefficient (Wildman–Crippen LogP) is 0.339. The minimum atomic E-state index is -0.773. The van der Waals surface area contributed by atoms with Gasteiger partial charge in [-0.2, -0.15) is 0 Å². The van der Waals surface area contributed by atoms with Crippen molar-refractivity contribution in [2.24, 2.45) is 17.6 Å². The first kappa shape index (κ1) is 13.0. The van der Waals surface area contributed by atoms with Gasteiger partial charge in [0.15, 0.2) is 0 Å². The third-order valence-corrected chi connectivity index (χ3v) is 3.15. The maximum atomic E-state index is 11.6. The van der Waals surface area contributed by atoms with Gasteiger partial charge in [-0.25, -0.2) is 0 Å². The zero-order chi connectivity index (χ0) is 12.3. The molecule has 1 fully saturated rings. The van der Waals surface area contributed by atoms with E-state index in [1.165, 1.54) is 0 Å². The number of hydrogen-bond donors (Lipinski definition) is 3. The van der Waals surface area contributed by atoms with E-state index in [1.54, 1.807) is 0 Å². The summed E-state index contributed by atoms with van der Waals surface area (Å²) < 4.78 is 0. The second kappa shape index (κ2) is 5.30. The summed E-state index contributed by atoms with van der Waals surface area (Å²) in [6.45, 7) is 3.78. The van der Waals surface area contributed by atoms with Crippen molar-refractivity contribution in [1.82, 2.24) is 5.32 Å². The van der Waals surface area contributed by atoms with Crippen LogP contribution in [-0.4, -0.2) is 29.1 Å². The van der Waals surface area contributed by atoms with E-state index in [0.717, 1.165) is 6.42 Å². The monoisotopic (exact) mass is 228 g/mol. The molecule has 5 nitrogen and oxygen atoms in total. The molecule has 3 unspecified atom stereocenters. The molecule has 0 spiro atoms. The number of nitrogens with one attached hydrogen (secondary N) is 1. The molecule has 0 aromatic heterocycles. The molecule has 16 heavy (non-hydrogen) atoms. The SMILES string of the molecule is CC(C)C(N)C(=O)NC1CCC(C(=O)O)C1. The van der Waals surface area contributed by atoms with Crippen LogP contribution in [0.1, 0.15) is 33.1 Å². The average Bonchev–Trinajstić information content (AvgIpc) is 2.64. The molecule has 1 saturated carbocycles. The summed E-state index contributed by atoms with van der Waals surface area (Å²) in [5.74, 6) is -1.17. The van der Waals surface area contributed by atoms with Crippen LogP contribution in [0.25, 0.3) is 0 Å². The van der Waals surface area contributed by atoms with Crippen molar-refractivity contribution in [3.05, 3.63) is 0 Å². The third kappa shape index (κ3) is 3.20. The van der Waals surface area contributed by atoms with Gasteiger partial charge in [0.2, 0.25) is 5.91 Å². The van der Waals surface area contributed by atoms with E-state index in [0.29, 0.717) is 12.8 Å². The molecule has 1 aliphatic carbocycles. The number of carboxylic acids is 1. The van der Waals surface area contributed by atoms with Crippen LogP contribution in [0, 0.1) is 11.8 Å². The fourth-order valence-corrected chi connectivity index (χ4v) is 1.94. The Kier molecular flexibility index (Phi) is 4.29. The zero-order valence-corrected chi connectivity index (χ0v) is 9.77. The lowest BCUT2D eigenvalue weighted by molar-refractivity contribution is -0.141. The molecule has 5 heteroatoms. The number of hydrogen-bond acceptors (Lipinski definition) is 3. The Bertz CT molecular complexity index is 278. The lowest BCUT2D eigenvalue weighted by Crippen LogP contribution is -2.47. The zero-order valence-electron chi connectivity index (χ0n) is 9.77. The van der Waals surface area contributed by atoms with Crippen molar-refractivity contribution >= 4 is 11.9 Å². The Morgan fingerprint density at radius 3 is 2.44 bits per heavy atom. The largest absolute Gasteiger partial charge is 0.481 e. The van der Waals surface area contributed by atoms with Crippen LogP contribution >= 0.6 is 0 Å². The van der Waals surface area contributed by atoms with Crippen LogP contribution < -0.4 is 11.1 Å². The lowest BCUT2D eigenvalue weighted by Gasteiger charge is -2.19. The molecule has 92 valence electrons. The summed E-state index contributed by atoms with van der Waals surface area (Å²) in [5, 5.41) is 11.6. The van der Waals surface area contributed by atoms with Crippen LogP contribution in [0.2, 0.25) is 0 Å². The number of amides is 1. The Hall–Kier alpha value is -1.10. The lowest BCUT2D eigenvalue weighted by atomic mass is 10.0. The van der Waals surface area contributed by atoms with Gasteiger partial charge in [0, 0.05) is 6.04 Å². The molecule has 0 saturated heterocycles. The summed E-state index contributed by atoms with van der Waals surface area (Å²) in [7, 11) is 0. The molecule has 3 atom stereocenters. The van der Waals surface area contributed by atoms with E-state index in [2.05, 4.69) is 5.32 Å². The fourth-order valence-electron chi connectivity index (χ4n) is 1.94. The van der Waals surface area contributed by atoms with Crippen molar-refractivity contribution in [3.8, 4) is 0 Å². The van der Waals surface area contributed by atoms with Gasteiger partial charge in [-0.15, -0.1) is 0 Å². The minimum Gasteiger partial charge on any atom is -0.481 e. The van der Waals surface area contributed by atoms with E-state index in [1.807, 2.05) is 13.8 Å². The van der Waals surface area contributed by atoms with Gasteiger partial charge in [-0.1, -0.05) is 13.8 Å². The molecule has 1 rings (SSSR count). The van der Waals surface area contributed by atoms with E-state index in [4.69, 9.17) is 10.8 Å². The minimum absolute atomic E-state index is 0.0293. The number of nitrogens with two attached hydrogens (primary N) is 1. The van der Waals surface area contributed by atoms with Gasteiger partial charge in [-0.3, -0.25) is 9.59 Å². The summed E-state index contributed by atoms with van der Waals surface area (Å²) in [6, 6.07) is -0.540. The Balaban J connectivity index is 2.40. The van der Waals surface area contributed by atoms with Crippen molar-refractivity contribution in [2.45, 2.75) is 45.2 Å². The fraction of sp³-hybridized carbons (Fsp3) is 0.818. The van der Waals surface area contributed by atoms with Crippen LogP contribution in [0.15, 0.2) is 0 Å². The molecule has 0 bridgehead atoms. The molecular weight excluding hydrogens is 208 g/mol. The van der Waals surface area contributed by atoms with Gasteiger partial charge in [0.1, 0.15) is 0 Å². The number of carbonyl (C=O) groups is 2. The smallest absolute Gasteiger partial charge is 0.306 e. The molecule has 4 N–H and O–H groups in total. The van der Waals surface area contributed by atoms with Gasteiger partial charge >= 0.3 is 5.97 Å². The molecular formula is C11H20N2O3. The average molecular weight is 228 g/mol. The maximum absolute atomic E-state index is 11.6. The summed E-state index contributed by atoms with van der Waals surface area (Å²) in [4.78, 5) is 22.4. The Morgan fingerprint density at radius 1 is 1.38 bits per heavy atom. The summed E-state index contributed by atoms with van der Waals surface area (Å²) in [6.07, 6.45) is 1.89. The van der Waals surface area contributed by atoms with Crippen LogP contribution in [0.5, 0.6) is 0 Å². The Morgan fingerprint density at radius 2 is 2.00 bits per heavy atom. The number of carboxylic acid groups (broad SMARTS) is 1. The highest BCUT2D eigenvalue weighted by atomic mass is 16.4. The van der Waals surface area contributed by atoms with Crippen LogP contribution in [-0.2, 0) is 9.59 Å². The summed E-state index contributed by atoms with van der Waals surface area (Å²) in [5.41, 5.74) is 5.70. The molecule has 1 amide bonds. The highest BCUT2D eigenvalue weighted by molar-refractivity contribution is 5.82. The topological polar surface area (TPSA) is 92.4 Å². The molecule has 0 aromatic carbocycles. The second-order valence-electron chi connectivity index (χ2n) is 4.82.